The minimum Gasteiger partial charge on any atom is -0.493 e. The maximum atomic E-state index is 13.3. The summed E-state index contributed by atoms with van der Waals surface area (Å²) in [6.07, 6.45) is 0.670. The molecule has 0 saturated carbocycles. The van der Waals surface area contributed by atoms with Gasteiger partial charge in [-0.05, 0) is 88.8 Å². The lowest BCUT2D eigenvalue weighted by atomic mass is 9.90. The average Bonchev–Trinajstić information content (AvgIpc) is 3.22. The molecule has 11 nitrogen and oxygen atoms in total. The molecular weight excluding hydrogens is 570 g/mol. The molecule has 0 aliphatic heterocycles. The first kappa shape index (κ1) is 34.5. The van der Waals surface area contributed by atoms with Gasteiger partial charge in [0.25, 0.3) is 0 Å². The molecule has 44 heavy (non-hydrogen) atoms. The van der Waals surface area contributed by atoms with Crippen LogP contribution in [0.4, 0.5) is 4.79 Å². The van der Waals surface area contributed by atoms with Crippen molar-refractivity contribution in [2.75, 3.05) is 48.9 Å². The first-order valence-electron chi connectivity index (χ1n) is 14.4. The Morgan fingerprint density at radius 1 is 0.886 bits per heavy atom. The number of hydrogen-bond donors (Lipinski definition) is 0. The zero-order valence-corrected chi connectivity index (χ0v) is 27.5. The van der Waals surface area contributed by atoms with Crippen molar-refractivity contribution < 1.29 is 42.7 Å². The van der Waals surface area contributed by atoms with E-state index in [9.17, 15) is 14.4 Å². The van der Waals surface area contributed by atoms with Crippen LogP contribution in [-0.2, 0) is 25.4 Å². The van der Waals surface area contributed by atoms with Gasteiger partial charge in [-0.2, -0.15) is 0 Å². The van der Waals surface area contributed by atoms with Crippen LogP contribution in [0.25, 0.3) is 11.1 Å². The number of fused-ring (bicyclic) bond motifs is 3. The van der Waals surface area contributed by atoms with Crippen LogP contribution in [0.5, 0.6) is 23.0 Å². The molecule has 1 aliphatic rings. The molecule has 2 aromatic rings. The topological polar surface area (TPSA) is 119 Å². The number of aryl methyl sites for hydroxylation is 1. The molecule has 0 heterocycles. The van der Waals surface area contributed by atoms with Gasteiger partial charge >= 0.3 is 12.1 Å². The molecule has 0 fully saturated rings. The number of ether oxygens (including phenoxy) is 7. The van der Waals surface area contributed by atoms with E-state index in [-0.39, 0.29) is 16.8 Å². The van der Waals surface area contributed by atoms with Crippen molar-refractivity contribution >= 4 is 12.1 Å². The van der Waals surface area contributed by atoms with Crippen LogP contribution in [-0.4, -0.2) is 71.5 Å². The fourth-order valence-electron chi connectivity index (χ4n) is 5.12. The van der Waals surface area contributed by atoms with Gasteiger partial charge in [-0.15, -0.1) is 0 Å². The van der Waals surface area contributed by atoms with Crippen LogP contribution < -0.4 is 24.4 Å². The third kappa shape index (κ3) is 7.74. The Bertz CT molecular complexity index is 1410. The van der Waals surface area contributed by atoms with E-state index in [4.69, 9.17) is 33.2 Å². The monoisotopic (exact) mass is 615 g/mol. The Kier molecular flexibility index (Phi) is 11.1. The predicted octanol–water partition coefficient (Wildman–Crippen LogP) is 5.54. The van der Waals surface area contributed by atoms with Crippen molar-refractivity contribution in [3.8, 4) is 34.1 Å². The molecule has 0 radical (unpaired) electrons. The summed E-state index contributed by atoms with van der Waals surface area (Å²) < 4.78 is 38.8. The summed E-state index contributed by atoms with van der Waals surface area (Å²) in [5.74, 6) is 0.972. The molecule has 0 bridgehead atoms. The normalized spacial score (nSPS) is 14.4. The lowest BCUT2D eigenvalue weighted by molar-refractivity contribution is -0.164. The standard InChI is InChI=1S/C33H45NO10/c1-32(2,3)44-16-15-33(4,5)30(36)42-19-43-31(37)34(6)23-13-11-20-17-26(39-8)28(40-9)29(41-10)27(20)21-12-14-25(38-7)24(35)18-22(21)23/h12,14,17-18,23H,11,13,15-16,19H2,1-10H3/t23-/m0/s1. The Labute approximate surface area is 259 Å². The fourth-order valence-corrected chi connectivity index (χ4v) is 5.12. The molecule has 2 aromatic carbocycles. The second kappa shape index (κ2) is 14.2. The summed E-state index contributed by atoms with van der Waals surface area (Å²) in [6.45, 7) is 9.15. The zero-order valence-electron chi connectivity index (χ0n) is 27.5. The summed E-state index contributed by atoms with van der Waals surface area (Å²) in [4.78, 5) is 40.6. The highest BCUT2D eigenvalue weighted by atomic mass is 16.7. The number of carbonyl (C=O) groups is 2. The number of amides is 1. The Morgan fingerprint density at radius 3 is 2.14 bits per heavy atom. The van der Waals surface area contributed by atoms with Crippen molar-refractivity contribution in [3.63, 3.8) is 0 Å². The van der Waals surface area contributed by atoms with Gasteiger partial charge in [-0.25, -0.2) is 4.79 Å². The quantitative estimate of drug-likeness (QED) is 0.236. The molecular formula is C33H45NO10. The maximum absolute atomic E-state index is 13.3. The molecule has 1 atom stereocenters. The number of esters is 1. The van der Waals surface area contributed by atoms with Gasteiger partial charge in [0.15, 0.2) is 17.2 Å². The molecule has 0 saturated heterocycles. The van der Waals surface area contributed by atoms with E-state index in [1.807, 2.05) is 26.8 Å². The van der Waals surface area contributed by atoms with Crippen molar-refractivity contribution in [1.29, 1.82) is 0 Å². The first-order chi connectivity index (χ1) is 20.7. The number of carbonyl (C=O) groups excluding carboxylic acids is 2. The Balaban J connectivity index is 1.90. The van der Waals surface area contributed by atoms with Gasteiger partial charge in [0.2, 0.25) is 18.0 Å². The van der Waals surface area contributed by atoms with Crippen LogP contribution in [0, 0.1) is 5.41 Å². The predicted molar refractivity (Wildman–Crippen MR) is 165 cm³/mol. The highest BCUT2D eigenvalue weighted by Gasteiger charge is 2.34. The SMILES string of the molecule is COc1cc2c(c(OC)c1OC)-c1ccc(OC)c(=O)cc1[C@@H](N(C)C(=O)OCOC(=O)C(C)(C)CCOC(C)(C)C)CC2. The number of hydrogen-bond acceptors (Lipinski definition) is 10. The zero-order chi connectivity index (χ0) is 32.8. The van der Waals surface area contributed by atoms with Crippen LogP contribution in [0.3, 0.4) is 0 Å². The molecule has 1 amide bonds. The van der Waals surface area contributed by atoms with Crippen LogP contribution >= 0.6 is 0 Å². The molecule has 242 valence electrons. The van der Waals surface area contributed by atoms with Gasteiger partial charge in [0.1, 0.15) is 0 Å². The maximum Gasteiger partial charge on any atom is 0.412 e. The first-order valence-corrected chi connectivity index (χ1v) is 14.4. The summed E-state index contributed by atoms with van der Waals surface area (Å²) in [6, 6.07) is 6.12. The number of methoxy groups -OCH3 is 4. The summed E-state index contributed by atoms with van der Waals surface area (Å²) in [5, 5.41) is 0. The van der Waals surface area contributed by atoms with Crippen molar-refractivity contribution in [1.82, 2.24) is 4.90 Å². The average molecular weight is 616 g/mol. The van der Waals surface area contributed by atoms with E-state index in [2.05, 4.69) is 0 Å². The number of benzene rings is 1. The summed E-state index contributed by atoms with van der Waals surface area (Å²) in [5.41, 5.74) is 1.31. The summed E-state index contributed by atoms with van der Waals surface area (Å²) in [7, 11) is 7.60. The van der Waals surface area contributed by atoms with Gasteiger partial charge < -0.3 is 38.1 Å². The molecule has 0 aromatic heterocycles. The van der Waals surface area contributed by atoms with E-state index < -0.39 is 30.3 Å². The highest BCUT2D eigenvalue weighted by Crippen LogP contribution is 2.50. The Hall–Kier alpha value is -3.99. The van der Waals surface area contributed by atoms with E-state index in [0.29, 0.717) is 59.8 Å². The highest BCUT2D eigenvalue weighted by molar-refractivity contribution is 5.83. The van der Waals surface area contributed by atoms with Gasteiger partial charge in [-0.1, -0.05) is 6.07 Å². The lowest BCUT2D eigenvalue weighted by Gasteiger charge is -2.28. The third-order valence-corrected chi connectivity index (χ3v) is 7.63. The minimum absolute atomic E-state index is 0.144. The van der Waals surface area contributed by atoms with Gasteiger partial charge in [0.05, 0.1) is 45.5 Å². The van der Waals surface area contributed by atoms with E-state index in [0.717, 1.165) is 5.56 Å². The van der Waals surface area contributed by atoms with E-state index in [1.54, 1.807) is 40.1 Å². The van der Waals surface area contributed by atoms with Crippen LogP contribution in [0.15, 0.2) is 29.1 Å². The van der Waals surface area contributed by atoms with Crippen molar-refractivity contribution in [2.24, 2.45) is 5.41 Å². The minimum atomic E-state index is -0.838. The van der Waals surface area contributed by atoms with E-state index >= 15 is 0 Å². The molecule has 1 aliphatic carbocycles. The second-order valence-electron chi connectivity index (χ2n) is 12.2. The molecule has 0 N–H and O–H groups in total. The number of rotatable bonds is 11. The van der Waals surface area contributed by atoms with Gasteiger partial charge in [-0.3, -0.25) is 9.59 Å². The molecule has 0 unspecified atom stereocenters. The molecule has 3 rings (SSSR count). The lowest BCUT2D eigenvalue weighted by Crippen LogP contribution is -2.34. The van der Waals surface area contributed by atoms with Crippen molar-refractivity contribution in [2.45, 2.75) is 65.5 Å². The number of nitrogens with zero attached hydrogens (tertiary/aromatic N) is 1. The van der Waals surface area contributed by atoms with Crippen LogP contribution in [0.1, 0.15) is 64.6 Å². The van der Waals surface area contributed by atoms with Crippen molar-refractivity contribution in [3.05, 3.63) is 45.6 Å². The summed E-state index contributed by atoms with van der Waals surface area (Å²) >= 11 is 0. The smallest absolute Gasteiger partial charge is 0.412 e. The second-order valence-corrected chi connectivity index (χ2v) is 12.2. The third-order valence-electron chi connectivity index (χ3n) is 7.63. The fraction of sp³-hybridized carbons (Fsp3) is 0.545. The van der Waals surface area contributed by atoms with E-state index in [1.165, 1.54) is 32.3 Å². The van der Waals surface area contributed by atoms with Gasteiger partial charge in [0, 0.05) is 19.2 Å². The molecule has 0 spiro atoms. The Morgan fingerprint density at radius 2 is 1.55 bits per heavy atom. The largest absolute Gasteiger partial charge is 0.493 e. The molecule has 11 heteroatoms. The van der Waals surface area contributed by atoms with Crippen LogP contribution in [0.2, 0.25) is 0 Å².